The van der Waals surface area contributed by atoms with Gasteiger partial charge >= 0.3 is 0 Å². The molecule has 1 heterocycles. The van der Waals surface area contributed by atoms with E-state index < -0.39 is 5.91 Å². The first-order valence-electron chi connectivity index (χ1n) is 3.60. The summed E-state index contributed by atoms with van der Waals surface area (Å²) in [5.41, 5.74) is 0.917. The molecular formula is C8H9ClN2OS. The summed E-state index contributed by atoms with van der Waals surface area (Å²) in [7, 11) is 0. The minimum Gasteiger partial charge on any atom is -0.297 e. The number of hydrogen-bond acceptors (Lipinski definition) is 3. The smallest absolute Gasteiger partial charge is 0.268 e. The first-order valence-corrected chi connectivity index (χ1v) is 4.80. The highest BCUT2D eigenvalue weighted by Crippen LogP contribution is 2.21. The molecule has 0 unspecified atom stereocenters. The zero-order valence-electron chi connectivity index (χ0n) is 7.35. The number of rotatable bonds is 2. The van der Waals surface area contributed by atoms with Crippen molar-refractivity contribution in [1.29, 1.82) is 0 Å². The third-order valence-corrected chi connectivity index (χ3v) is 2.66. The molecule has 0 aromatic carbocycles. The molecule has 0 bridgehead atoms. The van der Waals surface area contributed by atoms with Crippen LogP contribution in [0.3, 0.4) is 0 Å². The molecule has 1 aromatic heterocycles. The topological polar surface area (TPSA) is 42.0 Å². The van der Waals surface area contributed by atoms with Crippen LogP contribution in [0.1, 0.15) is 10.6 Å². The van der Waals surface area contributed by atoms with Crippen molar-refractivity contribution < 1.29 is 4.79 Å². The molecule has 5 heteroatoms. The standard InChI is InChI=1S/C8H9ClN2OS/c1-4(9)7(12)11-8-10-5(2)6(3)13-8/h1H2,2-3H3,(H,10,11,12). The number of aromatic nitrogens is 1. The number of anilines is 1. The number of carbonyl (C=O) groups is 1. The highest BCUT2D eigenvalue weighted by molar-refractivity contribution is 7.15. The number of nitrogens with zero attached hydrogens (tertiary/aromatic N) is 1. The fourth-order valence-corrected chi connectivity index (χ4v) is 1.55. The molecule has 0 radical (unpaired) electrons. The van der Waals surface area contributed by atoms with E-state index in [0.29, 0.717) is 5.13 Å². The number of carbonyl (C=O) groups excluding carboxylic acids is 1. The molecule has 0 aliphatic rings. The van der Waals surface area contributed by atoms with Gasteiger partial charge in [0, 0.05) is 4.88 Å². The van der Waals surface area contributed by atoms with E-state index in [1.165, 1.54) is 11.3 Å². The van der Waals surface area contributed by atoms with Crippen LogP contribution in [0.15, 0.2) is 11.6 Å². The van der Waals surface area contributed by atoms with E-state index in [1.54, 1.807) is 0 Å². The maximum atomic E-state index is 11.1. The van der Waals surface area contributed by atoms with Crippen molar-refractivity contribution in [2.45, 2.75) is 13.8 Å². The first kappa shape index (κ1) is 10.2. The number of aryl methyl sites for hydroxylation is 2. The van der Waals surface area contributed by atoms with Gasteiger partial charge in [0.15, 0.2) is 5.13 Å². The highest BCUT2D eigenvalue weighted by Gasteiger charge is 2.08. The molecule has 3 nitrogen and oxygen atoms in total. The second kappa shape index (κ2) is 3.89. The van der Waals surface area contributed by atoms with E-state index >= 15 is 0 Å². The Bertz CT molecular complexity index is 340. The van der Waals surface area contributed by atoms with Crippen molar-refractivity contribution in [3.05, 3.63) is 22.2 Å². The lowest BCUT2D eigenvalue weighted by Crippen LogP contribution is -2.10. The summed E-state index contributed by atoms with van der Waals surface area (Å²) < 4.78 is 0. The second-order valence-electron chi connectivity index (χ2n) is 2.52. The monoisotopic (exact) mass is 216 g/mol. The number of halogens is 1. The van der Waals surface area contributed by atoms with Crippen molar-refractivity contribution in [2.75, 3.05) is 5.32 Å². The van der Waals surface area contributed by atoms with E-state index in [9.17, 15) is 4.79 Å². The van der Waals surface area contributed by atoms with Gasteiger partial charge in [0.1, 0.15) is 0 Å². The molecular weight excluding hydrogens is 208 g/mol. The molecule has 1 amide bonds. The van der Waals surface area contributed by atoms with Gasteiger partial charge in [0.25, 0.3) is 5.91 Å². The van der Waals surface area contributed by atoms with Crippen molar-refractivity contribution in [3.63, 3.8) is 0 Å². The zero-order chi connectivity index (χ0) is 10.0. The van der Waals surface area contributed by atoms with Crippen LogP contribution in [-0.2, 0) is 4.79 Å². The average Bonchev–Trinajstić information content (AvgIpc) is 2.31. The summed E-state index contributed by atoms with van der Waals surface area (Å²) in [6, 6.07) is 0. The van der Waals surface area contributed by atoms with Gasteiger partial charge in [-0.25, -0.2) is 4.98 Å². The van der Waals surface area contributed by atoms with Gasteiger partial charge in [-0.2, -0.15) is 0 Å². The zero-order valence-corrected chi connectivity index (χ0v) is 8.92. The van der Waals surface area contributed by atoms with Crippen LogP contribution in [0.2, 0.25) is 0 Å². The van der Waals surface area contributed by atoms with Crippen LogP contribution >= 0.6 is 22.9 Å². The molecule has 0 aliphatic carbocycles. The van der Waals surface area contributed by atoms with Crippen molar-refractivity contribution in [2.24, 2.45) is 0 Å². The summed E-state index contributed by atoms with van der Waals surface area (Å²) in [5.74, 6) is -0.407. The van der Waals surface area contributed by atoms with Gasteiger partial charge in [-0.1, -0.05) is 18.2 Å². The molecule has 0 spiro atoms. The molecule has 0 saturated carbocycles. The molecule has 0 fully saturated rings. The van der Waals surface area contributed by atoms with E-state index in [-0.39, 0.29) is 5.03 Å². The average molecular weight is 217 g/mol. The van der Waals surface area contributed by atoms with Crippen LogP contribution in [0.25, 0.3) is 0 Å². The van der Waals surface area contributed by atoms with E-state index in [1.807, 2.05) is 13.8 Å². The molecule has 13 heavy (non-hydrogen) atoms. The lowest BCUT2D eigenvalue weighted by atomic mass is 10.4. The summed E-state index contributed by atoms with van der Waals surface area (Å²) in [6.45, 7) is 7.14. The van der Waals surface area contributed by atoms with Crippen LogP contribution in [0.5, 0.6) is 0 Å². The van der Waals surface area contributed by atoms with Crippen LogP contribution in [-0.4, -0.2) is 10.9 Å². The minimum atomic E-state index is -0.407. The van der Waals surface area contributed by atoms with Crippen molar-refractivity contribution in [1.82, 2.24) is 4.98 Å². The van der Waals surface area contributed by atoms with Crippen LogP contribution in [0.4, 0.5) is 5.13 Å². The molecule has 1 aromatic rings. The Morgan fingerprint density at radius 1 is 1.62 bits per heavy atom. The fraction of sp³-hybridized carbons (Fsp3) is 0.250. The van der Waals surface area contributed by atoms with Gasteiger partial charge < -0.3 is 0 Å². The molecule has 0 atom stereocenters. The predicted molar refractivity (Wildman–Crippen MR) is 55.2 cm³/mol. The Morgan fingerprint density at radius 3 is 2.62 bits per heavy atom. The van der Waals surface area contributed by atoms with Crippen molar-refractivity contribution in [3.8, 4) is 0 Å². The fourth-order valence-electron chi connectivity index (χ4n) is 0.691. The van der Waals surface area contributed by atoms with Gasteiger partial charge in [0.2, 0.25) is 0 Å². The predicted octanol–water partition coefficient (Wildman–Crippen LogP) is 2.45. The summed E-state index contributed by atoms with van der Waals surface area (Å²) in [4.78, 5) is 16.3. The summed E-state index contributed by atoms with van der Waals surface area (Å²) in [5, 5.41) is 3.06. The lowest BCUT2D eigenvalue weighted by Gasteiger charge is -1.96. The van der Waals surface area contributed by atoms with Crippen molar-refractivity contribution >= 4 is 34.0 Å². The summed E-state index contributed by atoms with van der Waals surface area (Å²) in [6.07, 6.45) is 0. The van der Waals surface area contributed by atoms with E-state index in [4.69, 9.17) is 11.6 Å². The van der Waals surface area contributed by atoms with Crippen LogP contribution < -0.4 is 5.32 Å². The Hall–Kier alpha value is -0.870. The quantitative estimate of drug-likeness (QED) is 0.772. The van der Waals surface area contributed by atoms with E-state index in [2.05, 4.69) is 16.9 Å². The number of amides is 1. The molecule has 1 rings (SSSR count). The third-order valence-electron chi connectivity index (χ3n) is 1.50. The molecule has 1 N–H and O–H groups in total. The Morgan fingerprint density at radius 2 is 2.23 bits per heavy atom. The summed E-state index contributed by atoms with van der Waals surface area (Å²) >= 11 is 6.81. The molecule has 0 saturated heterocycles. The Kier molecular flexibility index (Phi) is 3.06. The third kappa shape index (κ3) is 2.54. The SMILES string of the molecule is C=C(Cl)C(=O)Nc1nc(C)c(C)s1. The Labute approximate surface area is 85.4 Å². The van der Waals surface area contributed by atoms with E-state index in [0.717, 1.165) is 10.6 Å². The maximum Gasteiger partial charge on any atom is 0.268 e. The number of hydrogen-bond donors (Lipinski definition) is 1. The van der Waals surface area contributed by atoms with Gasteiger partial charge in [0.05, 0.1) is 10.7 Å². The minimum absolute atomic E-state index is 0.0366. The number of thiazole rings is 1. The van der Waals surface area contributed by atoms with Gasteiger partial charge in [-0.15, -0.1) is 11.3 Å². The van der Waals surface area contributed by atoms with Gasteiger partial charge in [-0.3, -0.25) is 10.1 Å². The van der Waals surface area contributed by atoms with Crippen LogP contribution in [0, 0.1) is 13.8 Å². The second-order valence-corrected chi connectivity index (χ2v) is 4.18. The molecule has 70 valence electrons. The Balaban J connectivity index is 2.75. The maximum absolute atomic E-state index is 11.1. The first-order chi connectivity index (χ1) is 6.00. The highest BCUT2D eigenvalue weighted by atomic mass is 35.5. The normalized spacial score (nSPS) is 9.77. The molecule has 0 aliphatic heterocycles. The number of nitrogens with one attached hydrogen (secondary N) is 1. The largest absolute Gasteiger partial charge is 0.297 e. The van der Waals surface area contributed by atoms with Gasteiger partial charge in [-0.05, 0) is 13.8 Å². The lowest BCUT2D eigenvalue weighted by molar-refractivity contribution is -0.112.